The van der Waals surface area contributed by atoms with Crippen LogP contribution in [0.4, 0.5) is 10.5 Å². The van der Waals surface area contributed by atoms with Crippen molar-refractivity contribution in [2.24, 2.45) is 0 Å². The Morgan fingerprint density at radius 2 is 2.33 bits per heavy atom. The Hall–Kier alpha value is -2.28. The summed E-state index contributed by atoms with van der Waals surface area (Å²) >= 11 is 5.91. The zero-order valence-corrected chi connectivity index (χ0v) is 14.5. The molecule has 0 radical (unpaired) electrons. The number of carbonyl (C=O) groups is 1. The molecular formula is C16H20ClN5O2. The maximum atomic E-state index is 12.5. The van der Waals surface area contributed by atoms with Crippen molar-refractivity contribution in [3.63, 3.8) is 0 Å². The number of likely N-dealkylation sites (tertiary alicyclic amines) is 1. The van der Waals surface area contributed by atoms with E-state index >= 15 is 0 Å². The van der Waals surface area contributed by atoms with Gasteiger partial charge < -0.3 is 15.0 Å². The molecule has 3 heterocycles. The Kier molecular flexibility index (Phi) is 4.89. The number of urea groups is 1. The van der Waals surface area contributed by atoms with Crippen LogP contribution < -0.4 is 10.1 Å². The van der Waals surface area contributed by atoms with Crippen LogP contribution in [0.3, 0.4) is 0 Å². The summed E-state index contributed by atoms with van der Waals surface area (Å²) in [6.45, 7) is 3.28. The fraction of sp³-hybridized carbons (Fsp3) is 0.438. The van der Waals surface area contributed by atoms with Crippen molar-refractivity contribution >= 4 is 23.3 Å². The van der Waals surface area contributed by atoms with Crippen LogP contribution >= 0.6 is 11.6 Å². The normalized spacial score (nSPS) is 17.1. The first-order chi connectivity index (χ1) is 11.6. The first-order valence-corrected chi connectivity index (χ1v) is 8.28. The van der Waals surface area contributed by atoms with Crippen molar-refractivity contribution in [1.29, 1.82) is 0 Å². The minimum atomic E-state index is -0.127. The topological polar surface area (TPSA) is 72.3 Å². The number of anilines is 1. The van der Waals surface area contributed by atoms with Gasteiger partial charge in [-0.3, -0.25) is 4.68 Å². The Bertz CT molecular complexity index is 733. The van der Waals surface area contributed by atoms with Crippen LogP contribution in [0.2, 0.25) is 5.02 Å². The van der Waals surface area contributed by atoms with Crippen molar-refractivity contribution in [3.05, 3.63) is 35.2 Å². The molecule has 1 unspecified atom stereocenters. The van der Waals surface area contributed by atoms with E-state index in [1.807, 2.05) is 17.7 Å². The number of hydrogen-bond acceptors (Lipinski definition) is 4. The van der Waals surface area contributed by atoms with Crippen LogP contribution in [0.5, 0.6) is 5.88 Å². The minimum absolute atomic E-state index is 0.127. The molecule has 0 bridgehead atoms. The number of amides is 2. The van der Waals surface area contributed by atoms with Crippen LogP contribution in [0, 0.1) is 0 Å². The maximum Gasteiger partial charge on any atom is 0.321 e. The maximum absolute atomic E-state index is 12.5. The first kappa shape index (κ1) is 16.6. The summed E-state index contributed by atoms with van der Waals surface area (Å²) in [5, 5.41) is 7.78. The molecule has 24 heavy (non-hydrogen) atoms. The largest absolute Gasteiger partial charge is 0.481 e. The van der Waals surface area contributed by atoms with E-state index in [-0.39, 0.29) is 12.1 Å². The monoisotopic (exact) mass is 349 g/mol. The van der Waals surface area contributed by atoms with Crippen LogP contribution in [0.15, 0.2) is 24.5 Å². The van der Waals surface area contributed by atoms with Crippen molar-refractivity contribution in [2.45, 2.75) is 25.8 Å². The summed E-state index contributed by atoms with van der Waals surface area (Å²) in [6.07, 6.45) is 4.96. The summed E-state index contributed by atoms with van der Waals surface area (Å²) in [5.41, 5.74) is 1.52. The molecule has 1 aliphatic rings. The zero-order valence-electron chi connectivity index (χ0n) is 13.7. The minimum Gasteiger partial charge on any atom is -0.481 e. The smallest absolute Gasteiger partial charge is 0.321 e. The number of hydrogen-bond donors (Lipinski definition) is 1. The van der Waals surface area contributed by atoms with E-state index in [2.05, 4.69) is 15.4 Å². The van der Waals surface area contributed by atoms with Crippen LogP contribution in [-0.4, -0.2) is 45.9 Å². The van der Waals surface area contributed by atoms with Gasteiger partial charge in [0.1, 0.15) is 0 Å². The second kappa shape index (κ2) is 7.09. The molecule has 2 aromatic rings. The first-order valence-electron chi connectivity index (χ1n) is 7.90. The van der Waals surface area contributed by atoms with Gasteiger partial charge in [-0.05, 0) is 18.9 Å². The quantitative estimate of drug-likeness (QED) is 0.921. The predicted molar refractivity (Wildman–Crippen MR) is 91.6 cm³/mol. The Morgan fingerprint density at radius 3 is 3.00 bits per heavy atom. The van der Waals surface area contributed by atoms with Crippen molar-refractivity contribution in [1.82, 2.24) is 19.7 Å². The molecule has 128 valence electrons. The lowest BCUT2D eigenvalue weighted by molar-refractivity contribution is 0.220. The number of aryl methyl sites for hydroxylation is 1. The molecule has 1 N–H and O–H groups in total. The van der Waals surface area contributed by atoms with E-state index in [0.717, 1.165) is 12.1 Å². The summed E-state index contributed by atoms with van der Waals surface area (Å²) < 4.78 is 6.95. The second-order valence-electron chi connectivity index (χ2n) is 5.66. The lowest BCUT2D eigenvalue weighted by atomic mass is 10.2. The van der Waals surface area contributed by atoms with Gasteiger partial charge in [0.05, 0.1) is 35.8 Å². The number of pyridine rings is 1. The lowest BCUT2D eigenvalue weighted by Crippen LogP contribution is -2.33. The molecule has 0 aromatic carbocycles. The number of nitrogens with one attached hydrogen (secondary N) is 1. The fourth-order valence-electron chi connectivity index (χ4n) is 2.83. The van der Waals surface area contributed by atoms with Gasteiger partial charge in [-0.2, -0.15) is 5.10 Å². The summed E-state index contributed by atoms with van der Waals surface area (Å²) in [7, 11) is 1.58. The average molecular weight is 350 g/mol. The number of halogens is 1. The third-order valence-electron chi connectivity index (χ3n) is 4.13. The van der Waals surface area contributed by atoms with Crippen LogP contribution in [-0.2, 0) is 6.42 Å². The Morgan fingerprint density at radius 1 is 1.50 bits per heavy atom. The van der Waals surface area contributed by atoms with Crippen LogP contribution in [0.25, 0.3) is 0 Å². The molecule has 0 aliphatic carbocycles. The molecule has 2 aromatic heterocycles. The van der Waals surface area contributed by atoms with Crippen LogP contribution in [0.1, 0.15) is 25.1 Å². The fourth-order valence-corrected chi connectivity index (χ4v) is 2.97. The summed E-state index contributed by atoms with van der Waals surface area (Å²) in [6, 6.07) is 3.59. The highest BCUT2D eigenvalue weighted by molar-refractivity contribution is 6.30. The van der Waals surface area contributed by atoms with E-state index < -0.39 is 0 Å². The van der Waals surface area contributed by atoms with Gasteiger partial charge in [0.25, 0.3) is 0 Å². The van der Waals surface area contributed by atoms with E-state index in [9.17, 15) is 4.79 Å². The molecule has 1 atom stereocenters. The molecule has 7 nitrogen and oxygen atoms in total. The molecule has 0 spiro atoms. The second-order valence-corrected chi connectivity index (χ2v) is 6.10. The number of nitrogens with zero attached hydrogens (tertiary/aromatic N) is 4. The highest BCUT2D eigenvalue weighted by atomic mass is 35.5. The Labute approximate surface area is 145 Å². The van der Waals surface area contributed by atoms with Gasteiger partial charge in [0.2, 0.25) is 5.88 Å². The summed E-state index contributed by atoms with van der Waals surface area (Å²) in [4.78, 5) is 18.7. The van der Waals surface area contributed by atoms with Gasteiger partial charge >= 0.3 is 6.03 Å². The van der Waals surface area contributed by atoms with E-state index in [4.69, 9.17) is 16.3 Å². The molecule has 1 saturated heterocycles. The molecule has 8 heteroatoms. The van der Waals surface area contributed by atoms with E-state index in [0.29, 0.717) is 36.1 Å². The SMILES string of the molecule is CCc1nc(OC)ccc1NC(=O)N1CCC(n2cc(Cl)cn2)C1. The van der Waals surface area contributed by atoms with Gasteiger partial charge in [0.15, 0.2) is 0 Å². The van der Waals surface area contributed by atoms with E-state index in [1.165, 1.54) is 0 Å². The third-order valence-corrected chi connectivity index (χ3v) is 4.32. The standard InChI is InChI=1S/C16H20ClN5O2/c1-3-13-14(4-5-15(19-13)24-2)20-16(23)21-7-6-12(10-21)22-9-11(17)8-18-22/h4-5,8-9,12H,3,6-7,10H2,1-2H3,(H,20,23). The van der Waals surface area contributed by atoms with E-state index in [1.54, 1.807) is 30.5 Å². The molecule has 2 amide bonds. The van der Waals surface area contributed by atoms with Gasteiger partial charge in [-0.25, -0.2) is 9.78 Å². The van der Waals surface area contributed by atoms with Crippen molar-refractivity contribution < 1.29 is 9.53 Å². The molecule has 3 rings (SSSR count). The number of rotatable bonds is 4. The molecule has 1 fully saturated rings. The number of aromatic nitrogens is 3. The van der Waals surface area contributed by atoms with Gasteiger partial charge in [-0.15, -0.1) is 0 Å². The highest BCUT2D eigenvalue weighted by Gasteiger charge is 2.28. The zero-order chi connectivity index (χ0) is 17.1. The molecule has 0 saturated carbocycles. The molecular weight excluding hydrogens is 330 g/mol. The molecule has 1 aliphatic heterocycles. The summed E-state index contributed by atoms with van der Waals surface area (Å²) in [5.74, 6) is 0.543. The number of carbonyl (C=O) groups excluding carboxylic acids is 1. The Balaban J connectivity index is 1.65. The third kappa shape index (κ3) is 3.46. The van der Waals surface area contributed by atoms with Crippen molar-refractivity contribution in [3.8, 4) is 5.88 Å². The van der Waals surface area contributed by atoms with Crippen molar-refractivity contribution in [2.75, 3.05) is 25.5 Å². The highest BCUT2D eigenvalue weighted by Crippen LogP contribution is 2.24. The van der Waals surface area contributed by atoms with Gasteiger partial charge in [-0.1, -0.05) is 18.5 Å². The predicted octanol–water partition coefficient (Wildman–Crippen LogP) is 2.98. The number of methoxy groups -OCH3 is 1. The average Bonchev–Trinajstić information content (AvgIpc) is 3.24. The number of ether oxygens (including phenoxy) is 1. The van der Waals surface area contributed by atoms with Gasteiger partial charge in [0, 0.05) is 25.4 Å². The lowest BCUT2D eigenvalue weighted by Gasteiger charge is -2.18.